The van der Waals surface area contributed by atoms with Gasteiger partial charge in [0.25, 0.3) is 0 Å². The predicted molar refractivity (Wildman–Crippen MR) is 257 cm³/mol. The summed E-state index contributed by atoms with van der Waals surface area (Å²) in [5.74, 6) is -2.96. The fraction of sp³-hybridized carbons (Fsp3) is 0.700. The lowest BCUT2D eigenvalue weighted by Gasteiger charge is -2.17. The molecule has 69 heavy (non-hydrogen) atoms. The minimum atomic E-state index is -1.29. The second-order valence-electron chi connectivity index (χ2n) is 16.9. The van der Waals surface area contributed by atoms with E-state index < -0.39 is 36.5 Å². The van der Waals surface area contributed by atoms with Crippen molar-refractivity contribution >= 4 is 47.0 Å². The van der Waals surface area contributed by atoms with Crippen LogP contribution in [0.1, 0.15) is 146 Å². The molecule has 0 aliphatic heterocycles. The Hall–Kier alpha value is -4.82. The first-order chi connectivity index (χ1) is 33.3. The molecule has 0 aliphatic rings. The summed E-state index contributed by atoms with van der Waals surface area (Å²) in [6.45, 7) is 5.41. The van der Waals surface area contributed by atoms with Crippen LogP contribution >= 0.6 is 0 Å². The van der Waals surface area contributed by atoms with E-state index in [0.717, 1.165) is 51.4 Å². The Labute approximate surface area is 408 Å². The van der Waals surface area contributed by atoms with Crippen LogP contribution in [0.2, 0.25) is 0 Å². The van der Waals surface area contributed by atoms with E-state index in [1.54, 1.807) is 12.1 Å². The number of hydrogen-bond donors (Lipinski definition) is 6. The molecule has 3 atom stereocenters. The number of carboxylic acids is 2. The number of ether oxygens (including phenoxy) is 5. The Bertz CT molecular complexity index is 1630. The molecule has 1 rings (SSSR count). The van der Waals surface area contributed by atoms with Gasteiger partial charge in [-0.25, -0.2) is 9.59 Å². The molecule has 0 saturated carbocycles. The number of benzene rings is 1. The number of hydrogen-bond acceptors (Lipinski definition) is 14. The number of nitrogens with one attached hydrogen (secondary N) is 4. The van der Waals surface area contributed by atoms with Crippen molar-refractivity contribution in [1.82, 2.24) is 21.3 Å². The van der Waals surface area contributed by atoms with Crippen molar-refractivity contribution in [3.63, 3.8) is 0 Å². The molecule has 6 N–H and O–H groups in total. The number of Topliss-reactive ketones (excluding diaryl/α,β-unsaturated/α-hetero) is 3. The molecule has 0 unspecified atom stereocenters. The monoisotopic (exact) mass is 977 g/mol. The van der Waals surface area contributed by atoms with E-state index in [2.05, 4.69) is 21.3 Å². The number of aliphatic carboxylic acids is 1. The Morgan fingerprint density at radius 1 is 0.565 bits per heavy atom. The summed E-state index contributed by atoms with van der Waals surface area (Å²) in [6.07, 6.45) is 12.6. The molecule has 0 saturated heterocycles. The molecule has 2 radical (unpaired) electrons. The van der Waals surface area contributed by atoms with Gasteiger partial charge in [0.15, 0.2) is 0 Å². The molecular weight excluding hydrogens is 897 g/mol. The van der Waals surface area contributed by atoms with E-state index in [0.29, 0.717) is 83.5 Å². The van der Waals surface area contributed by atoms with Crippen molar-refractivity contribution in [2.75, 3.05) is 72.6 Å². The van der Waals surface area contributed by atoms with E-state index in [-0.39, 0.29) is 99.5 Å². The summed E-state index contributed by atoms with van der Waals surface area (Å²) in [6, 6.07) is 4.69. The molecule has 0 fully saturated rings. The largest absolute Gasteiger partial charge is 0.494 e. The maximum atomic E-state index is 12.4. The fourth-order valence-corrected chi connectivity index (χ4v) is 7.04. The second kappa shape index (κ2) is 41.0. The highest BCUT2D eigenvalue weighted by atomic mass is 16.5. The van der Waals surface area contributed by atoms with Crippen LogP contribution < -0.4 is 26.0 Å². The third-order valence-electron chi connectivity index (χ3n) is 11.1. The summed E-state index contributed by atoms with van der Waals surface area (Å²) in [5.41, 5.74) is 0.236. The average molecular weight is 977 g/mol. The van der Waals surface area contributed by atoms with Gasteiger partial charge in [0.2, 0.25) is 17.7 Å². The molecule has 0 bridgehead atoms. The van der Waals surface area contributed by atoms with Crippen LogP contribution in [0.4, 0.5) is 0 Å². The molecule has 1 aromatic rings. The van der Waals surface area contributed by atoms with Gasteiger partial charge in [0, 0.05) is 58.3 Å². The van der Waals surface area contributed by atoms with Gasteiger partial charge in [-0.1, -0.05) is 51.9 Å². The van der Waals surface area contributed by atoms with Gasteiger partial charge in [-0.2, -0.15) is 0 Å². The van der Waals surface area contributed by atoms with Crippen LogP contribution in [-0.4, -0.2) is 142 Å². The van der Waals surface area contributed by atoms with Crippen molar-refractivity contribution in [3.05, 3.63) is 36.9 Å². The molecule has 0 heterocycles. The lowest BCUT2D eigenvalue weighted by Crippen LogP contribution is -2.43. The number of rotatable bonds is 47. The SMILES string of the molecule is [CH]N[C@@H](CCC)C(=O)CC[C@@H](CCCCNC(=O)CC[C@H](NC(=O)COCCOCCNC(=O)COCCOCCCC(=O)CCCCCCCCCOc1ccc(C(=O)O)cc1)C(=O)O)C(C)=O. The van der Waals surface area contributed by atoms with E-state index in [9.17, 15) is 43.5 Å². The quantitative estimate of drug-likeness (QED) is 0.0369. The van der Waals surface area contributed by atoms with Gasteiger partial charge in [-0.15, -0.1) is 0 Å². The number of aromatic carboxylic acids is 1. The van der Waals surface area contributed by atoms with E-state index >= 15 is 0 Å². The molecule has 1 aromatic carbocycles. The molecule has 0 aliphatic carbocycles. The maximum absolute atomic E-state index is 12.4. The van der Waals surface area contributed by atoms with Crippen molar-refractivity contribution < 1.29 is 72.3 Å². The standard InChI is InChI=1S/C50H80N4O15/c1-4-15-43(51-3)45(57)25-21-39(38(2)55)16-11-12-27-52-46(58)26-24-44(50(63)64)54-48(60)37-68-35-33-66-31-28-53-47(59)36-67-34-32-65-29-14-18-41(56)17-10-8-6-5-7-9-13-30-69-42-22-19-40(20-23-42)49(61)62/h3,19-20,22-23,39,43-44,51H,4-18,21,24-37H2,1-2H3,(H,52,58)(H,53,59)(H,54,60)(H,61,62)(H,63,64)/t39-,43+,44+/m1/s1. The smallest absolute Gasteiger partial charge is 0.335 e. The highest BCUT2D eigenvalue weighted by Crippen LogP contribution is 2.18. The van der Waals surface area contributed by atoms with Crippen molar-refractivity contribution in [3.8, 4) is 5.75 Å². The fourth-order valence-electron chi connectivity index (χ4n) is 7.04. The first-order valence-corrected chi connectivity index (χ1v) is 24.6. The number of unbranched alkanes of at least 4 members (excludes halogenated alkanes) is 7. The number of carboxylic acid groups (broad SMARTS) is 2. The molecular formula is C50H80N4O15. The van der Waals surface area contributed by atoms with Crippen molar-refractivity contribution in [2.24, 2.45) is 5.92 Å². The van der Waals surface area contributed by atoms with Crippen molar-refractivity contribution in [1.29, 1.82) is 0 Å². The zero-order chi connectivity index (χ0) is 50.9. The number of carbonyl (C=O) groups excluding carboxylic acids is 6. The third-order valence-corrected chi connectivity index (χ3v) is 11.1. The van der Waals surface area contributed by atoms with Crippen molar-refractivity contribution in [2.45, 2.75) is 148 Å². The van der Waals surface area contributed by atoms with Crippen LogP contribution in [0.5, 0.6) is 5.75 Å². The minimum Gasteiger partial charge on any atom is -0.494 e. The first-order valence-electron chi connectivity index (χ1n) is 24.6. The van der Waals surface area contributed by atoms with Crippen LogP contribution in [0.3, 0.4) is 0 Å². The molecule has 19 heteroatoms. The zero-order valence-corrected chi connectivity index (χ0v) is 41.0. The molecule has 0 spiro atoms. The first kappa shape index (κ1) is 62.2. The molecule has 390 valence electrons. The normalized spacial score (nSPS) is 12.4. The van der Waals surface area contributed by atoms with Gasteiger partial charge in [-0.05, 0) is 82.6 Å². The lowest BCUT2D eigenvalue weighted by molar-refractivity contribution is -0.143. The molecule has 19 nitrogen and oxygen atoms in total. The topological polar surface area (TPSA) is 271 Å². The Morgan fingerprint density at radius 2 is 1.17 bits per heavy atom. The van der Waals surface area contributed by atoms with Gasteiger partial charge in [0.05, 0.1) is 51.2 Å². The minimum absolute atomic E-state index is 0.00817. The zero-order valence-electron chi connectivity index (χ0n) is 41.0. The summed E-state index contributed by atoms with van der Waals surface area (Å²) in [5, 5.41) is 28.7. The Morgan fingerprint density at radius 3 is 1.81 bits per heavy atom. The number of ketones is 3. The highest BCUT2D eigenvalue weighted by Gasteiger charge is 2.22. The second-order valence-corrected chi connectivity index (χ2v) is 16.9. The van der Waals surface area contributed by atoms with Crippen LogP contribution in [0.25, 0.3) is 0 Å². The predicted octanol–water partition coefficient (Wildman–Crippen LogP) is 5.03. The van der Waals surface area contributed by atoms with E-state index in [1.165, 1.54) is 19.1 Å². The van der Waals surface area contributed by atoms with Gasteiger partial charge in [-0.3, -0.25) is 28.8 Å². The summed E-state index contributed by atoms with van der Waals surface area (Å²) < 4.78 is 27.1. The lowest BCUT2D eigenvalue weighted by atomic mass is 9.90. The highest BCUT2D eigenvalue weighted by molar-refractivity contribution is 5.88. The number of carbonyl (C=O) groups is 8. The third kappa shape index (κ3) is 34.2. The average Bonchev–Trinajstić information content (AvgIpc) is 3.32. The van der Waals surface area contributed by atoms with E-state index in [4.69, 9.17) is 35.8 Å². The summed E-state index contributed by atoms with van der Waals surface area (Å²) in [4.78, 5) is 95.8. The van der Waals surface area contributed by atoms with Crippen LogP contribution in [0.15, 0.2) is 24.3 Å². The van der Waals surface area contributed by atoms with E-state index in [1.807, 2.05) is 6.92 Å². The van der Waals surface area contributed by atoms with Gasteiger partial charge in [0.1, 0.15) is 42.4 Å². The molecule has 3 amide bonds. The summed E-state index contributed by atoms with van der Waals surface area (Å²) in [7, 11) is 5.48. The van der Waals surface area contributed by atoms with Gasteiger partial charge >= 0.3 is 11.9 Å². The van der Waals surface area contributed by atoms with Crippen LogP contribution in [0, 0.1) is 13.0 Å². The van der Waals surface area contributed by atoms with Crippen LogP contribution in [-0.2, 0) is 52.5 Å². The maximum Gasteiger partial charge on any atom is 0.335 e. The number of amides is 3. The Balaban J connectivity index is 1.96. The van der Waals surface area contributed by atoms with Gasteiger partial charge < -0.3 is 55.2 Å². The Kier molecular flexibility index (Phi) is 37.0. The summed E-state index contributed by atoms with van der Waals surface area (Å²) >= 11 is 0. The molecule has 0 aromatic heterocycles.